The zero-order chi connectivity index (χ0) is 25.2. The second-order valence-electron chi connectivity index (χ2n) is 11.1. The van der Waals surface area contributed by atoms with Gasteiger partial charge in [-0.25, -0.2) is 9.59 Å². The van der Waals surface area contributed by atoms with Crippen LogP contribution in [-0.2, 0) is 0 Å². The molecule has 0 radical (unpaired) electrons. The maximum Gasteiger partial charge on any atom is 0.321 e. The summed E-state index contributed by atoms with van der Waals surface area (Å²) < 4.78 is 0. The standard InChI is InChI=1S/C27H40ClN5O2/c1-19(2)29-25(34)33(18-20-8-9-21-16-24(20)27(21,3)4)15-12-31-10-13-32(14-11-31)26(35)30-23-7-5-6-22(28)17-23/h5-8,17,19,21,24H,9-16,18H2,1-4H3,(H,29,34)(H,30,35). The summed E-state index contributed by atoms with van der Waals surface area (Å²) in [6, 6.07) is 7.22. The second kappa shape index (κ2) is 10.8. The first-order chi connectivity index (χ1) is 16.6. The molecule has 2 N–H and O–H groups in total. The van der Waals surface area contributed by atoms with Crippen LogP contribution in [0.4, 0.5) is 15.3 Å². The number of urea groups is 2. The van der Waals surface area contributed by atoms with Gasteiger partial charge in [0.25, 0.3) is 0 Å². The fourth-order valence-corrected chi connectivity index (χ4v) is 5.86. The van der Waals surface area contributed by atoms with Crippen molar-refractivity contribution in [2.24, 2.45) is 17.3 Å². The van der Waals surface area contributed by atoms with Crippen LogP contribution in [0.3, 0.4) is 0 Å². The highest BCUT2D eigenvalue weighted by atomic mass is 35.5. The van der Waals surface area contributed by atoms with Crippen molar-refractivity contribution in [3.05, 3.63) is 40.9 Å². The quantitative estimate of drug-likeness (QED) is 0.522. The number of halogens is 1. The van der Waals surface area contributed by atoms with Crippen LogP contribution in [0.5, 0.6) is 0 Å². The number of fused-ring (bicyclic) bond motifs is 1. The van der Waals surface area contributed by atoms with E-state index in [0.29, 0.717) is 48.2 Å². The molecule has 35 heavy (non-hydrogen) atoms. The summed E-state index contributed by atoms with van der Waals surface area (Å²) in [6.45, 7) is 13.9. The monoisotopic (exact) mass is 501 g/mol. The number of amides is 4. The SMILES string of the molecule is CC(C)NC(=O)N(CCN1CCN(C(=O)Nc2cccc(Cl)c2)CC1)CC1=CCC2CC1C2(C)C. The van der Waals surface area contributed by atoms with Crippen LogP contribution in [0, 0.1) is 17.3 Å². The van der Waals surface area contributed by atoms with E-state index in [4.69, 9.17) is 11.6 Å². The van der Waals surface area contributed by atoms with Crippen LogP contribution in [0.15, 0.2) is 35.9 Å². The first-order valence-electron chi connectivity index (χ1n) is 12.9. The van der Waals surface area contributed by atoms with Crippen molar-refractivity contribution in [2.45, 2.75) is 46.6 Å². The molecule has 8 heteroatoms. The van der Waals surface area contributed by atoms with Crippen LogP contribution in [0.2, 0.25) is 5.02 Å². The zero-order valence-corrected chi connectivity index (χ0v) is 22.3. The Balaban J connectivity index is 1.28. The molecular weight excluding hydrogens is 462 g/mol. The summed E-state index contributed by atoms with van der Waals surface area (Å²) in [5.74, 6) is 1.39. The van der Waals surface area contributed by atoms with Gasteiger partial charge in [0.05, 0.1) is 0 Å². The summed E-state index contributed by atoms with van der Waals surface area (Å²) in [5.41, 5.74) is 2.49. The molecule has 2 atom stereocenters. The van der Waals surface area contributed by atoms with E-state index in [1.807, 2.05) is 35.8 Å². The molecule has 5 rings (SSSR count). The molecule has 0 spiro atoms. The van der Waals surface area contributed by atoms with Gasteiger partial charge in [0.15, 0.2) is 0 Å². The lowest BCUT2D eigenvalue weighted by molar-refractivity contribution is -0.00984. The Morgan fingerprint density at radius 1 is 1.20 bits per heavy atom. The van der Waals surface area contributed by atoms with Crippen molar-refractivity contribution < 1.29 is 9.59 Å². The maximum atomic E-state index is 13.0. The molecular formula is C27H40ClN5O2. The minimum Gasteiger partial charge on any atom is -0.336 e. The van der Waals surface area contributed by atoms with E-state index in [-0.39, 0.29) is 18.1 Å². The molecule has 2 fully saturated rings. The first kappa shape index (κ1) is 25.8. The average Bonchev–Trinajstić information content (AvgIpc) is 2.81. The van der Waals surface area contributed by atoms with Gasteiger partial charge in [0, 0.05) is 62.6 Å². The lowest BCUT2D eigenvalue weighted by Crippen LogP contribution is -2.54. The highest BCUT2D eigenvalue weighted by Crippen LogP contribution is 2.59. The topological polar surface area (TPSA) is 67.9 Å². The van der Waals surface area contributed by atoms with Crippen LogP contribution >= 0.6 is 11.6 Å². The number of carbonyl (C=O) groups excluding carboxylic acids is 2. The van der Waals surface area contributed by atoms with Crippen LogP contribution in [-0.4, -0.2) is 78.6 Å². The Labute approximate surface area is 214 Å². The Morgan fingerprint density at radius 2 is 1.94 bits per heavy atom. The Bertz CT molecular complexity index is 955. The molecule has 1 heterocycles. The van der Waals surface area contributed by atoms with Gasteiger partial charge in [-0.2, -0.15) is 0 Å². The highest BCUT2D eigenvalue weighted by molar-refractivity contribution is 6.30. The first-order valence-corrected chi connectivity index (χ1v) is 13.3. The fraction of sp³-hybridized carbons (Fsp3) is 0.630. The molecule has 192 valence electrons. The Hall–Kier alpha value is -2.25. The number of rotatable bonds is 7. The van der Waals surface area contributed by atoms with Crippen molar-refractivity contribution >= 4 is 29.4 Å². The van der Waals surface area contributed by atoms with Gasteiger partial charge in [0.2, 0.25) is 0 Å². The van der Waals surface area contributed by atoms with E-state index in [1.54, 1.807) is 12.1 Å². The van der Waals surface area contributed by atoms with Gasteiger partial charge >= 0.3 is 12.1 Å². The molecule has 2 unspecified atom stereocenters. The second-order valence-corrected chi connectivity index (χ2v) is 11.6. The van der Waals surface area contributed by atoms with Crippen molar-refractivity contribution in [1.29, 1.82) is 0 Å². The van der Waals surface area contributed by atoms with E-state index >= 15 is 0 Å². The Kier molecular flexibility index (Phi) is 7.96. The molecule has 4 aliphatic rings. The highest BCUT2D eigenvalue weighted by Gasteiger charge is 2.51. The van der Waals surface area contributed by atoms with E-state index in [1.165, 1.54) is 12.0 Å². The van der Waals surface area contributed by atoms with E-state index in [0.717, 1.165) is 32.0 Å². The molecule has 2 bridgehead atoms. The van der Waals surface area contributed by atoms with Gasteiger partial charge in [-0.1, -0.05) is 43.2 Å². The minimum absolute atomic E-state index is 0.0136. The average molecular weight is 502 g/mol. The van der Waals surface area contributed by atoms with Crippen LogP contribution in [0.25, 0.3) is 0 Å². The summed E-state index contributed by atoms with van der Waals surface area (Å²) >= 11 is 6.02. The van der Waals surface area contributed by atoms with Crippen LogP contribution in [0.1, 0.15) is 40.5 Å². The number of allylic oxidation sites excluding steroid dienone is 1. The molecule has 1 aromatic carbocycles. The lowest BCUT2D eigenvalue weighted by atomic mass is 9.49. The molecule has 3 aliphatic carbocycles. The van der Waals surface area contributed by atoms with E-state index in [2.05, 4.69) is 35.5 Å². The van der Waals surface area contributed by atoms with Gasteiger partial charge < -0.3 is 20.4 Å². The number of hydrogen-bond donors (Lipinski definition) is 2. The molecule has 1 saturated carbocycles. The third kappa shape index (κ3) is 6.12. The number of nitrogens with zero attached hydrogens (tertiary/aromatic N) is 3. The molecule has 1 saturated heterocycles. The van der Waals surface area contributed by atoms with Gasteiger partial charge in [-0.05, 0) is 62.1 Å². The van der Waals surface area contributed by atoms with Gasteiger partial charge in [0.1, 0.15) is 0 Å². The molecule has 4 amide bonds. The van der Waals surface area contributed by atoms with E-state index < -0.39 is 0 Å². The molecule has 0 aromatic heterocycles. The summed E-state index contributed by atoms with van der Waals surface area (Å²) in [6.07, 6.45) is 4.78. The number of nitrogens with one attached hydrogen (secondary N) is 2. The number of hydrogen-bond acceptors (Lipinski definition) is 3. The number of carbonyl (C=O) groups is 2. The molecule has 1 aromatic rings. The third-order valence-electron chi connectivity index (χ3n) is 8.08. The van der Waals surface area contributed by atoms with Gasteiger partial charge in [-0.15, -0.1) is 0 Å². The van der Waals surface area contributed by atoms with Crippen LogP contribution < -0.4 is 10.6 Å². The predicted molar refractivity (Wildman–Crippen MR) is 142 cm³/mol. The van der Waals surface area contributed by atoms with Crippen molar-refractivity contribution in [3.8, 4) is 0 Å². The van der Waals surface area contributed by atoms with E-state index in [9.17, 15) is 9.59 Å². The Morgan fingerprint density at radius 3 is 2.57 bits per heavy atom. The number of benzene rings is 1. The predicted octanol–water partition coefficient (Wildman–Crippen LogP) is 4.90. The zero-order valence-electron chi connectivity index (χ0n) is 21.5. The summed E-state index contributed by atoms with van der Waals surface area (Å²) in [4.78, 5) is 31.8. The van der Waals surface area contributed by atoms with Gasteiger partial charge in [-0.3, -0.25) is 4.90 Å². The third-order valence-corrected chi connectivity index (χ3v) is 8.31. The lowest BCUT2D eigenvalue weighted by Gasteiger charge is -2.57. The van der Waals surface area contributed by atoms with Crippen molar-refractivity contribution in [2.75, 3.05) is 51.1 Å². The molecule has 7 nitrogen and oxygen atoms in total. The largest absolute Gasteiger partial charge is 0.336 e. The maximum absolute atomic E-state index is 13.0. The normalized spacial score (nSPS) is 23.4. The number of anilines is 1. The number of piperazine rings is 1. The van der Waals surface area contributed by atoms with Crippen molar-refractivity contribution in [1.82, 2.24) is 20.0 Å². The summed E-state index contributed by atoms with van der Waals surface area (Å²) in [7, 11) is 0. The molecule has 1 aliphatic heterocycles. The van der Waals surface area contributed by atoms with Crippen molar-refractivity contribution in [3.63, 3.8) is 0 Å². The minimum atomic E-state index is -0.101. The fourth-order valence-electron chi connectivity index (χ4n) is 5.67. The smallest absolute Gasteiger partial charge is 0.321 e. The summed E-state index contributed by atoms with van der Waals surface area (Å²) in [5, 5.41) is 6.62.